The number of halogens is 1. The molecule has 0 heterocycles. The van der Waals surface area contributed by atoms with Gasteiger partial charge in [-0.05, 0) is 50.1 Å². The molecule has 0 atom stereocenters. The molecule has 0 aliphatic heterocycles. The van der Waals surface area contributed by atoms with Gasteiger partial charge in [-0.2, -0.15) is 11.8 Å². The second-order valence-corrected chi connectivity index (χ2v) is 6.40. The molecule has 20 heavy (non-hydrogen) atoms. The van der Waals surface area contributed by atoms with Crippen molar-refractivity contribution in [2.45, 2.75) is 43.5 Å². The van der Waals surface area contributed by atoms with Crippen molar-refractivity contribution in [3.05, 3.63) is 35.1 Å². The van der Waals surface area contributed by atoms with Gasteiger partial charge in [0.25, 0.3) is 0 Å². The summed E-state index contributed by atoms with van der Waals surface area (Å²) < 4.78 is 13.7. The molecule has 1 saturated carbocycles. The maximum atomic E-state index is 13.7. The van der Waals surface area contributed by atoms with Crippen LogP contribution in [0.15, 0.2) is 18.2 Å². The van der Waals surface area contributed by atoms with Gasteiger partial charge in [0.05, 0.1) is 0 Å². The topological polar surface area (TPSA) is 55.1 Å². The Bertz CT molecular complexity index is 473. The summed E-state index contributed by atoms with van der Waals surface area (Å²) in [5.41, 5.74) is 6.08. The summed E-state index contributed by atoms with van der Waals surface area (Å²) >= 11 is 1.93. The van der Waals surface area contributed by atoms with Gasteiger partial charge in [-0.1, -0.05) is 0 Å². The zero-order chi connectivity index (χ0) is 14.5. The van der Waals surface area contributed by atoms with Crippen LogP contribution in [0.2, 0.25) is 0 Å². The van der Waals surface area contributed by atoms with Crippen molar-refractivity contribution in [2.24, 2.45) is 5.73 Å². The Morgan fingerprint density at radius 3 is 2.70 bits per heavy atom. The fraction of sp³-hybridized carbons (Fsp3) is 0.533. The van der Waals surface area contributed by atoms with Gasteiger partial charge in [-0.15, -0.1) is 0 Å². The van der Waals surface area contributed by atoms with Crippen molar-refractivity contribution in [2.75, 3.05) is 6.26 Å². The molecule has 0 spiro atoms. The third kappa shape index (κ3) is 3.96. The fourth-order valence-corrected chi connectivity index (χ4v) is 3.36. The monoisotopic (exact) mass is 296 g/mol. The Labute approximate surface area is 123 Å². The zero-order valence-electron chi connectivity index (χ0n) is 11.7. The third-order valence-corrected chi connectivity index (χ3v) is 5.06. The third-order valence-electron chi connectivity index (χ3n) is 3.92. The molecule has 0 aromatic heterocycles. The highest BCUT2D eigenvalue weighted by Crippen LogP contribution is 2.27. The molecule has 1 aromatic rings. The van der Waals surface area contributed by atoms with Crippen LogP contribution in [-0.4, -0.2) is 23.5 Å². The summed E-state index contributed by atoms with van der Waals surface area (Å²) in [6, 6.07) is 4.71. The maximum Gasteiger partial charge on any atom is 0.248 e. The summed E-state index contributed by atoms with van der Waals surface area (Å²) in [5, 5.41) is 4.15. The molecule has 5 heteroatoms. The first-order valence-electron chi connectivity index (χ1n) is 6.94. The molecule has 110 valence electrons. The minimum absolute atomic E-state index is 0.291. The number of primary amides is 1. The molecule has 2 rings (SSSR count). The van der Waals surface area contributed by atoms with Gasteiger partial charge in [0.2, 0.25) is 5.91 Å². The van der Waals surface area contributed by atoms with E-state index in [1.807, 2.05) is 11.8 Å². The van der Waals surface area contributed by atoms with E-state index in [1.54, 1.807) is 0 Å². The van der Waals surface area contributed by atoms with Crippen molar-refractivity contribution < 1.29 is 9.18 Å². The highest BCUT2D eigenvalue weighted by atomic mass is 32.2. The van der Waals surface area contributed by atoms with E-state index in [4.69, 9.17) is 5.73 Å². The molecule has 3 nitrogen and oxygen atoms in total. The fourth-order valence-electron chi connectivity index (χ4n) is 2.62. The van der Waals surface area contributed by atoms with E-state index in [0.717, 1.165) is 18.1 Å². The Morgan fingerprint density at radius 1 is 1.40 bits per heavy atom. The van der Waals surface area contributed by atoms with Gasteiger partial charge in [0, 0.05) is 29.0 Å². The predicted octanol–water partition coefficient (Wildman–Crippen LogP) is 2.69. The first-order valence-corrected chi connectivity index (χ1v) is 8.23. The minimum atomic E-state index is -0.522. The largest absolute Gasteiger partial charge is 0.366 e. The number of nitrogens with two attached hydrogens (primary N) is 1. The summed E-state index contributed by atoms with van der Waals surface area (Å²) in [6.07, 6.45) is 6.83. The minimum Gasteiger partial charge on any atom is -0.366 e. The summed E-state index contributed by atoms with van der Waals surface area (Å²) in [6.45, 7) is 0.446. The standard InChI is InChI=1S/C15H21FN2OS/c1-20-13-5-3-12(4-6-13)18-9-11-8-10(15(17)19)2-7-14(11)16/h2,7-8,12-13,18H,3-6,9H2,1H3,(H2,17,19). The van der Waals surface area contributed by atoms with Gasteiger partial charge >= 0.3 is 0 Å². The van der Waals surface area contributed by atoms with Crippen LogP contribution in [0.1, 0.15) is 41.6 Å². The Balaban J connectivity index is 1.91. The second kappa shape index (κ2) is 7.09. The summed E-state index contributed by atoms with van der Waals surface area (Å²) in [7, 11) is 0. The maximum absolute atomic E-state index is 13.7. The quantitative estimate of drug-likeness (QED) is 0.878. The highest BCUT2D eigenvalue weighted by Gasteiger charge is 2.20. The lowest BCUT2D eigenvalue weighted by atomic mass is 9.94. The molecule has 1 aromatic carbocycles. The number of carbonyl (C=O) groups is 1. The average molecular weight is 296 g/mol. The number of nitrogens with one attached hydrogen (secondary N) is 1. The Hall–Kier alpha value is -1.07. The van der Waals surface area contributed by atoms with Crippen LogP contribution in [0.3, 0.4) is 0 Å². The average Bonchev–Trinajstić information content (AvgIpc) is 2.46. The first kappa shape index (κ1) is 15.3. The van der Waals surface area contributed by atoms with Crippen LogP contribution in [0.5, 0.6) is 0 Å². The summed E-state index contributed by atoms with van der Waals surface area (Å²) in [5.74, 6) is -0.813. The van der Waals surface area contributed by atoms with Crippen LogP contribution in [0.4, 0.5) is 4.39 Å². The molecule has 1 amide bonds. The van der Waals surface area contributed by atoms with Crippen molar-refractivity contribution in [1.82, 2.24) is 5.32 Å². The van der Waals surface area contributed by atoms with Gasteiger partial charge in [0.1, 0.15) is 5.82 Å². The Kier molecular flexibility index (Phi) is 5.43. The van der Waals surface area contributed by atoms with Gasteiger partial charge in [0.15, 0.2) is 0 Å². The first-order chi connectivity index (χ1) is 9.60. The van der Waals surface area contributed by atoms with Crippen molar-refractivity contribution in [3.8, 4) is 0 Å². The van der Waals surface area contributed by atoms with Crippen LogP contribution in [0, 0.1) is 5.82 Å². The van der Waals surface area contributed by atoms with E-state index in [9.17, 15) is 9.18 Å². The number of thioether (sulfide) groups is 1. The molecular formula is C15H21FN2OS. The number of amides is 1. The lowest BCUT2D eigenvalue weighted by Gasteiger charge is -2.28. The molecule has 1 fully saturated rings. The smallest absolute Gasteiger partial charge is 0.248 e. The van der Waals surface area contributed by atoms with Crippen molar-refractivity contribution in [3.63, 3.8) is 0 Å². The van der Waals surface area contributed by atoms with E-state index in [0.29, 0.717) is 23.7 Å². The van der Waals surface area contributed by atoms with Crippen molar-refractivity contribution in [1.29, 1.82) is 0 Å². The van der Waals surface area contributed by atoms with Crippen LogP contribution >= 0.6 is 11.8 Å². The van der Waals surface area contributed by atoms with E-state index in [-0.39, 0.29) is 5.82 Å². The van der Waals surface area contributed by atoms with Gasteiger partial charge in [-0.3, -0.25) is 4.79 Å². The van der Waals surface area contributed by atoms with Crippen LogP contribution in [0.25, 0.3) is 0 Å². The van der Waals surface area contributed by atoms with E-state index in [1.165, 1.54) is 31.0 Å². The highest BCUT2D eigenvalue weighted by molar-refractivity contribution is 7.99. The second-order valence-electron chi connectivity index (χ2n) is 5.26. The molecule has 1 aliphatic rings. The van der Waals surface area contributed by atoms with Crippen LogP contribution < -0.4 is 11.1 Å². The molecule has 0 bridgehead atoms. The van der Waals surface area contributed by atoms with Gasteiger partial charge < -0.3 is 11.1 Å². The number of rotatable bonds is 5. The van der Waals surface area contributed by atoms with Gasteiger partial charge in [-0.25, -0.2) is 4.39 Å². The molecular weight excluding hydrogens is 275 g/mol. The molecule has 0 unspecified atom stereocenters. The normalized spacial score (nSPS) is 22.7. The molecule has 0 saturated heterocycles. The molecule has 0 radical (unpaired) electrons. The van der Waals surface area contributed by atoms with E-state index >= 15 is 0 Å². The van der Waals surface area contributed by atoms with E-state index < -0.39 is 5.91 Å². The number of benzene rings is 1. The van der Waals surface area contributed by atoms with Crippen molar-refractivity contribution >= 4 is 17.7 Å². The number of carbonyl (C=O) groups excluding carboxylic acids is 1. The number of hydrogen-bond acceptors (Lipinski definition) is 3. The lowest BCUT2D eigenvalue weighted by molar-refractivity contribution is 0.1000. The lowest BCUT2D eigenvalue weighted by Crippen LogP contribution is -2.33. The Morgan fingerprint density at radius 2 is 2.10 bits per heavy atom. The summed E-state index contributed by atoms with van der Waals surface area (Å²) in [4.78, 5) is 11.1. The number of hydrogen-bond donors (Lipinski definition) is 2. The predicted molar refractivity (Wildman–Crippen MR) is 81.3 cm³/mol. The SMILES string of the molecule is CSC1CCC(NCc2cc(C(N)=O)ccc2F)CC1. The molecule has 3 N–H and O–H groups in total. The zero-order valence-corrected chi connectivity index (χ0v) is 12.5. The molecule has 1 aliphatic carbocycles. The van der Waals surface area contributed by atoms with E-state index in [2.05, 4.69) is 11.6 Å². The van der Waals surface area contributed by atoms with Crippen LogP contribution in [-0.2, 0) is 6.54 Å².